The van der Waals surface area contributed by atoms with Gasteiger partial charge >= 0.3 is 11.9 Å². The third-order valence-corrected chi connectivity index (χ3v) is 2.88. The first-order valence-corrected chi connectivity index (χ1v) is 5.93. The van der Waals surface area contributed by atoms with Gasteiger partial charge in [0, 0.05) is 6.54 Å². The van der Waals surface area contributed by atoms with Gasteiger partial charge in [-0.15, -0.1) is 0 Å². The number of rotatable bonds is 6. The van der Waals surface area contributed by atoms with Gasteiger partial charge in [0.25, 0.3) is 0 Å². The fourth-order valence-corrected chi connectivity index (χ4v) is 1.79. The van der Waals surface area contributed by atoms with Gasteiger partial charge in [-0.3, -0.25) is 9.59 Å². The molecule has 2 unspecified atom stereocenters. The zero-order chi connectivity index (χ0) is 14.4. The molecule has 0 bridgehead atoms. The zero-order valence-electron chi connectivity index (χ0n) is 10.6. The molecule has 1 heterocycles. The Morgan fingerprint density at radius 2 is 2.16 bits per heavy atom. The number of esters is 1. The molecule has 0 aromatic rings. The molecule has 0 radical (unpaired) electrons. The average Bonchev–Trinajstić information content (AvgIpc) is 2.86. The van der Waals surface area contributed by atoms with Crippen LogP contribution in [0.4, 0.5) is 0 Å². The van der Waals surface area contributed by atoms with Gasteiger partial charge < -0.3 is 25.6 Å². The van der Waals surface area contributed by atoms with Crippen LogP contribution in [0.25, 0.3) is 0 Å². The second-order valence-electron chi connectivity index (χ2n) is 4.24. The number of amides is 1. The lowest BCUT2D eigenvalue weighted by Crippen LogP contribution is -2.46. The van der Waals surface area contributed by atoms with Gasteiger partial charge in [0.05, 0.1) is 19.6 Å². The molecule has 0 aromatic carbocycles. The molecule has 8 nitrogen and oxygen atoms in total. The van der Waals surface area contributed by atoms with Crippen molar-refractivity contribution in [1.29, 1.82) is 0 Å². The predicted octanol–water partition coefficient (Wildman–Crippen LogP) is -1.37. The summed E-state index contributed by atoms with van der Waals surface area (Å²) < 4.78 is 9.71. The number of carboxylic acids is 1. The molecule has 0 saturated carbocycles. The minimum Gasteiger partial charge on any atom is -0.480 e. The minimum atomic E-state index is -1.32. The number of aliphatic carboxylic acids is 1. The Kier molecular flexibility index (Phi) is 5.71. The summed E-state index contributed by atoms with van der Waals surface area (Å²) in [4.78, 5) is 33.8. The standard InChI is InChI=1S/C11H18N2O6/c1-18-9(14)4-7(11(16)17)13-10(15)8-3-2-6(5-12)19-8/h6-8H,2-5,12H2,1H3,(H,13,15)(H,16,17)/t6?,7-,8?/m0/s1. The lowest BCUT2D eigenvalue weighted by atomic mass is 10.1. The van der Waals surface area contributed by atoms with Crippen molar-refractivity contribution in [1.82, 2.24) is 5.32 Å². The molecule has 108 valence electrons. The van der Waals surface area contributed by atoms with Gasteiger partial charge in [0.1, 0.15) is 12.1 Å². The summed E-state index contributed by atoms with van der Waals surface area (Å²) in [6, 6.07) is -1.32. The molecular weight excluding hydrogens is 256 g/mol. The minimum absolute atomic E-state index is 0.181. The topological polar surface area (TPSA) is 128 Å². The van der Waals surface area contributed by atoms with Crippen molar-refractivity contribution < 1.29 is 29.0 Å². The Morgan fingerprint density at radius 1 is 1.47 bits per heavy atom. The first-order chi connectivity index (χ1) is 8.97. The van der Waals surface area contributed by atoms with Crippen molar-refractivity contribution in [3.05, 3.63) is 0 Å². The number of methoxy groups -OCH3 is 1. The van der Waals surface area contributed by atoms with E-state index >= 15 is 0 Å². The van der Waals surface area contributed by atoms with Gasteiger partial charge in [-0.25, -0.2) is 4.79 Å². The SMILES string of the molecule is COC(=O)C[C@H](NC(=O)C1CCC(CN)O1)C(=O)O. The molecule has 8 heteroatoms. The summed E-state index contributed by atoms with van der Waals surface area (Å²) in [6.07, 6.45) is -0.181. The summed E-state index contributed by atoms with van der Waals surface area (Å²) in [6.45, 7) is 0.314. The molecule has 1 rings (SSSR count). The number of nitrogens with one attached hydrogen (secondary N) is 1. The summed E-state index contributed by atoms with van der Waals surface area (Å²) in [5, 5.41) is 11.2. The van der Waals surface area contributed by atoms with Crippen LogP contribution < -0.4 is 11.1 Å². The predicted molar refractivity (Wildman–Crippen MR) is 63.1 cm³/mol. The van der Waals surface area contributed by atoms with Gasteiger partial charge in [-0.05, 0) is 12.8 Å². The molecule has 1 aliphatic heterocycles. The first-order valence-electron chi connectivity index (χ1n) is 5.93. The van der Waals surface area contributed by atoms with Crippen molar-refractivity contribution in [2.45, 2.75) is 37.5 Å². The van der Waals surface area contributed by atoms with Crippen molar-refractivity contribution in [2.75, 3.05) is 13.7 Å². The number of carbonyl (C=O) groups is 3. The molecule has 1 aliphatic rings. The highest BCUT2D eigenvalue weighted by molar-refractivity contribution is 5.89. The van der Waals surface area contributed by atoms with Crippen molar-refractivity contribution >= 4 is 17.8 Å². The second kappa shape index (κ2) is 7.05. The molecule has 1 fully saturated rings. The highest BCUT2D eigenvalue weighted by Gasteiger charge is 2.33. The maximum absolute atomic E-state index is 11.8. The summed E-state index contributed by atoms with van der Waals surface area (Å²) in [5.41, 5.74) is 5.42. The molecule has 19 heavy (non-hydrogen) atoms. The lowest BCUT2D eigenvalue weighted by Gasteiger charge is -2.17. The maximum Gasteiger partial charge on any atom is 0.326 e. The van der Waals surface area contributed by atoms with E-state index in [2.05, 4.69) is 10.1 Å². The largest absolute Gasteiger partial charge is 0.480 e. The molecule has 3 atom stereocenters. The fraction of sp³-hybridized carbons (Fsp3) is 0.727. The van der Waals surface area contributed by atoms with Crippen LogP contribution in [0.1, 0.15) is 19.3 Å². The van der Waals surface area contributed by atoms with Gasteiger partial charge in [-0.1, -0.05) is 0 Å². The highest BCUT2D eigenvalue weighted by atomic mass is 16.5. The van der Waals surface area contributed by atoms with E-state index in [1.165, 1.54) is 0 Å². The van der Waals surface area contributed by atoms with Crippen LogP contribution in [0, 0.1) is 0 Å². The summed E-state index contributed by atoms with van der Waals surface area (Å²) in [7, 11) is 1.15. The molecule has 1 amide bonds. The van der Waals surface area contributed by atoms with E-state index in [9.17, 15) is 14.4 Å². The maximum atomic E-state index is 11.8. The average molecular weight is 274 g/mol. The molecular formula is C11H18N2O6. The Hall–Kier alpha value is -1.67. The lowest BCUT2D eigenvalue weighted by molar-refractivity contribution is -0.149. The van der Waals surface area contributed by atoms with Crippen LogP contribution >= 0.6 is 0 Å². The van der Waals surface area contributed by atoms with Gasteiger partial charge in [0.15, 0.2) is 0 Å². The molecule has 0 aromatic heterocycles. The van der Waals surface area contributed by atoms with Gasteiger partial charge in [-0.2, -0.15) is 0 Å². The van der Waals surface area contributed by atoms with Crippen molar-refractivity contribution in [3.63, 3.8) is 0 Å². The molecule has 1 saturated heterocycles. The van der Waals surface area contributed by atoms with E-state index in [0.29, 0.717) is 19.4 Å². The number of hydrogen-bond acceptors (Lipinski definition) is 6. The Bertz CT molecular complexity index is 359. The molecule has 0 spiro atoms. The number of hydrogen-bond donors (Lipinski definition) is 3. The summed E-state index contributed by atoms with van der Waals surface area (Å²) >= 11 is 0. The van der Waals surface area contributed by atoms with Crippen LogP contribution in [-0.4, -0.2) is 54.9 Å². The number of carboxylic acid groups (broad SMARTS) is 1. The van der Waals surface area contributed by atoms with E-state index in [1.54, 1.807) is 0 Å². The van der Waals surface area contributed by atoms with E-state index in [4.69, 9.17) is 15.6 Å². The number of nitrogens with two attached hydrogens (primary N) is 1. The van der Waals surface area contributed by atoms with E-state index in [1.807, 2.05) is 0 Å². The second-order valence-corrected chi connectivity index (χ2v) is 4.24. The van der Waals surface area contributed by atoms with Crippen molar-refractivity contribution in [3.8, 4) is 0 Å². The smallest absolute Gasteiger partial charge is 0.326 e. The third kappa shape index (κ3) is 4.49. The Balaban J connectivity index is 2.52. The van der Waals surface area contributed by atoms with Crippen LogP contribution in [0.5, 0.6) is 0 Å². The van der Waals surface area contributed by atoms with Gasteiger partial charge in [0.2, 0.25) is 5.91 Å². The van der Waals surface area contributed by atoms with E-state index in [-0.39, 0.29) is 6.10 Å². The normalized spacial score (nSPS) is 23.7. The molecule has 4 N–H and O–H groups in total. The van der Waals surface area contributed by atoms with Crippen molar-refractivity contribution in [2.24, 2.45) is 5.73 Å². The Morgan fingerprint density at radius 3 is 2.63 bits per heavy atom. The van der Waals surface area contributed by atoms with Crippen LogP contribution in [0.2, 0.25) is 0 Å². The fourth-order valence-electron chi connectivity index (χ4n) is 1.79. The van der Waals surface area contributed by atoms with Crippen LogP contribution in [0.15, 0.2) is 0 Å². The van der Waals surface area contributed by atoms with E-state index in [0.717, 1.165) is 7.11 Å². The summed E-state index contributed by atoms with van der Waals surface area (Å²) in [5.74, 6) is -2.56. The quantitative estimate of drug-likeness (QED) is 0.509. The van der Waals surface area contributed by atoms with Crippen LogP contribution in [0.3, 0.4) is 0 Å². The first kappa shape index (κ1) is 15.4. The molecule has 0 aliphatic carbocycles. The monoisotopic (exact) mass is 274 g/mol. The number of ether oxygens (including phenoxy) is 2. The van der Waals surface area contributed by atoms with E-state index < -0.39 is 36.4 Å². The Labute approximate surface area is 110 Å². The zero-order valence-corrected chi connectivity index (χ0v) is 10.6. The third-order valence-electron chi connectivity index (χ3n) is 2.88. The number of carbonyl (C=O) groups excluding carboxylic acids is 2. The highest BCUT2D eigenvalue weighted by Crippen LogP contribution is 2.19. The van der Waals surface area contributed by atoms with Crippen LogP contribution in [-0.2, 0) is 23.9 Å².